The number of hydrogen-bond donors (Lipinski definition) is 1. The second kappa shape index (κ2) is 4.83. The molecule has 0 radical (unpaired) electrons. The Hall–Kier alpha value is -1.58. The van der Waals surface area contributed by atoms with Crippen molar-refractivity contribution in [3.63, 3.8) is 0 Å². The highest BCUT2D eigenvalue weighted by Crippen LogP contribution is 2.40. The Morgan fingerprint density at radius 1 is 1.11 bits per heavy atom. The summed E-state index contributed by atoms with van der Waals surface area (Å²) in [6.45, 7) is 0. The molecule has 2 N–H and O–H groups in total. The summed E-state index contributed by atoms with van der Waals surface area (Å²) in [6.07, 6.45) is 0.137. The van der Waals surface area contributed by atoms with Gasteiger partial charge < -0.3 is 10.5 Å². The Labute approximate surface area is 115 Å². The van der Waals surface area contributed by atoms with E-state index in [0.29, 0.717) is 17.7 Å². The van der Waals surface area contributed by atoms with Crippen LogP contribution in [0.1, 0.15) is 29.7 Å². The van der Waals surface area contributed by atoms with Gasteiger partial charge in [-0.15, -0.1) is 0 Å². The van der Waals surface area contributed by atoms with Crippen molar-refractivity contribution in [3.8, 4) is 5.75 Å². The van der Waals surface area contributed by atoms with Crippen molar-refractivity contribution in [2.45, 2.75) is 18.6 Å². The van der Waals surface area contributed by atoms with Crippen molar-refractivity contribution in [1.82, 2.24) is 0 Å². The molecule has 2 atom stereocenters. The van der Waals surface area contributed by atoms with Gasteiger partial charge in [-0.25, -0.2) is 4.39 Å². The van der Waals surface area contributed by atoms with Crippen LogP contribution in [0, 0.1) is 5.82 Å². The summed E-state index contributed by atoms with van der Waals surface area (Å²) < 4.78 is 19.9. The van der Waals surface area contributed by atoms with Gasteiger partial charge in [0.15, 0.2) is 0 Å². The van der Waals surface area contributed by atoms with Gasteiger partial charge in [0.25, 0.3) is 0 Å². The molecular formula is C15H13ClFNO. The van der Waals surface area contributed by atoms with Gasteiger partial charge in [-0.2, -0.15) is 0 Å². The van der Waals surface area contributed by atoms with E-state index >= 15 is 0 Å². The highest BCUT2D eigenvalue weighted by molar-refractivity contribution is 6.30. The Bertz CT molecular complexity index is 617. The van der Waals surface area contributed by atoms with Gasteiger partial charge in [-0.1, -0.05) is 41.9 Å². The van der Waals surface area contributed by atoms with Crippen LogP contribution < -0.4 is 10.5 Å². The minimum absolute atomic E-state index is 0.105. The summed E-state index contributed by atoms with van der Waals surface area (Å²) in [7, 11) is 0. The van der Waals surface area contributed by atoms with E-state index in [0.717, 1.165) is 5.56 Å². The minimum atomic E-state index is -0.430. The molecule has 1 aliphatic rings. The molecule has 0 bridgehead atoms. The molecule has 2 aromatic carbocycles. The minimum Gasteiger partial charge on any atom is -0.485 e. The average molecular weight is 278 g/mol. The predicted molar refractivity (Wildman–Crippen MR) is 72.8 cm³/mol. The predicted octanol–water partition coefficient (Wildman–Crippen LogP) is 4.00. The van der Waals surface area contributed by atoms with E-state index < -0.39 is 11.9 Å². The largest absolute Gasteiger partial charge is 0.485 e. The molecule has 1 aliphatic heterocycles. The lowest BCUT2D eigenvalue weighted by molar-refractivity contribution is 0.157. The summed E-state index contributed by atoms with van der Waals surface area (Å²) >= 11 is 5.81. The Kier molecular flexibility index (Phi) is 3.17. The summed E-state index contributed by atoms with van der Waals surface area (Å²) in [4.78, 5) is 0. The highest BCUT2D eigenvalue weighted by Gasteiger charge is 2.28. The molecule has 0 amide bonds. The number of benzene rings is 2. The maximum absolute atomic E-state index is 14.0. The first kappa shape index (κ1) is 12.5. The van der Waals surface area contributed by atoms with Gasteiger partial charge in [0.2, 0.25) is 0 Å². The van der Waals surface area contributed by atoms with Crippen LogP contribution in [0.4, 0.5) is 4.39 Å². The standard InChI is InChI=1S/C15H13ClFNO/c16-11-6-3-5-10(15(11)17)14-8-12(18)9-4-1-2-7-13(9)19-14/h1-7,12,14H,8,18H2/t12-,14?/m1/s1. The van der Waals surface area contributed by atoms with Gasteiger partial charge >= 0.3 is 0 Å². The first-order valence-corrected chi connectivity index (χ1v) is 6.49. The van der Waals surface area contributed by atoms with Crippen LogP contribution in [0.15, 0.2) is 42.5 Å². The third-order valence-corrected chi connectivity index (χ3v) is 3.68. The molecule has 0 aromatic heterocycles. The van der Waals surface area contributed by atoms with E-state index in [1.54, 1.807) is 12.1 Å². The molecule has 98 valence electrons. The molecule has 4 heteroatoms. The van der Waals surface area contributed by atoms with E-state index in [1.165, 1.54) is 6.07 Å². The zero-order valence-corrected chi connectivity index (χ0v) is 10.9. The van der Waals surface area contributed by atoms with Crippen LogP contribution in [0.2, 0.25) is 5.02 Å². The fourth-order valence-electron chi connectivity index (χ4n) is 2.41. The van der Waals surface area contributed by atoms with Crippen molar-refractivity contribution < 1.29 is 9.13 Å². The van der Waals surface area contributed by atoms with E-state index in [9.17, 15) is 4.39 Å². The Morgan fingerprint density at radius 2 is 1.84 bits per heavy atom. The first-order valence-electron chi connectivity index (χ1n) is 6.12. The average Bonchev–Trinajstić information content (AvgIpc) is 2.42. The van der Waals surface area contributed by atoms with Crippen molar-refractivity contribution >= 4 is 11.6 Å². The van der Waals surface area contributed by atoms with Crippen LogP contribution in [0.25, 0.3) is 0 Å². The normalized spacial score (nSPS) is 21.6. The fraction of sp³-hybridized carbons (Fsp3) is 0.200. The van der Waals surface area contributed by atoms with Crippen LogP contribution in [-0.4, -0.2) is 0 Å². The molecule has 0 fully saturated rings. The SMILES string of the molecule is N[C@@H]1CC(c2cccc(Cl)c2F)Oc2ccccc21. The second-order valence-corrected chi connectivity index (χ2v) is 5.04. The van der Waals surface area contributed by atoms with Crippen LogP contribution in [0.5, 0.6) is 5.75 Å². The van der Waals surface area contributed by atoms with Crippen molar-refractivity contribution in [2.75, 3.05) is 0 Å². The Morgan fingerprint density at radius 3 is 2.68 bits per heavy atom. The Balaban J connectivity index is 1.99. The third kappa shape index (κ3) is 2.20. The summed E-state index contributed by atoms with van der Waals surface area (Å²) in [5.74, 6) is 0.284. The molecule has 19 heavy (non-hydrogen) atoms. The topological polar surface area (TPSA) is 35.2 Å². The quantitative estimate of drug-likeness (QED) is 0.855. The number of hydrogen-bond acceptors (Lipinski definition) is 2. The van der Waals surface area contributed by atoms with E-state index in [4.69, 9.17) is 22.1 Å². The summed E-state index contributed by atoms with van der Waals surface area (Å²) in [5.41, 5.74) is 7.54. The number of nitrogens with two attached hydrogens (primary N) is 1. The molecule has 1 heterocycles. The summed E-state index contributed by atoms with van der Waals surface area (Å²) in [6, 6.07) is 12.4. The molecule has 0 aliphatic carbocycles. The maximum Gasteiger partial charge on any atom is 0.148 e. The number of halogens is 2. The van der Waals surface area contributed by atoms with E-state index in [1.807, 2.05) is 24.3 Å². The second-order valence-electron chi connectivity index (χ2n) is 4.63. The van der Waals surface area contributed by atoms with Gasteiger partial charge in [0.05, 0.1) is 5.02 Å². The first-order chi connectivity index (χ1) is 9.16. The van der Waals surface area contributed by atoms with Gasteiger partial charge in [-0.3, -0.25) is 0 Å². The molecule has 2 nitrogen and oxygen atoms in total. The van der Waals surface area contributed by atoms with Crippen LogP contribution >= 0.6 is 11.6 Å². The van der Waals surface area contributed by atoms with Gasteiger partial charge in [0.1, 0.15) is 17.7 Å². The zero-order chi connectivity index (χ0) is 13.4. The zero-order valence-electron chi connectivity index (χ0n) is 10.1. The van der Waals surface area contributed by atoms with Crippen LogP contribution in [0.3, 0.4) is 0 Å². The van der Waals surface area contributed by atoms with Crippen LogP contribution in [-0.2, 0) is 0 Å². The smallest absolute Gasteiger partial charge is 0.148 e. The molecular weight excluding hydrogens is 265 g/mol. The van der Waals surface area contributed by atoms with E-state index in [2.05, 4.69) is 0 Å². The number of rotatable bonds is 1. The van der Waals surface area contributed by atoms with Crippen molar-refractivity contribution in [2.24, 2.45) is 5.73 Å². The lowest BCUT2D eigenvalue weighted by Gasteiger charge is -2.30. The van der Waals surface area contributed by atoms with E-state index in [-0.39, 0.29) is 11.1 Å². The molecule has 2 aromatic rings. The molecule has 3 rings (SSSR count). The third-order valence-electron chi connectivity index (χ3n) is 3.38. The van der Waals surface area contributed by atoms with Crippen molar-refractivity contribution in [3.05, 3.63) is 64.4 Å². The molecule has 0 saturated carbocycles. The highest BCUT2D eigenvalue weighted by atomic mass is 35.5. The van der Waals surface area contributed by atoms with Crippen molar-refractivity contribution in [1.29, 1.82) is 0 Å². The lowest BCUT2D eigenvalue weighted by atomic mass is 9.93. The number of ether oxygens (including phenoxy) is 1. The fourth-order valence-corrected chi connectivity index (χ4v) is 2.59. The number of fused-ring (bicyclic) bond motifs is 1. The summed E-state index contributed by atoms with van der Waals surface area (Å²) in [5, 5.41) is 0.105. The van der Waals surface area contributed by atoms with Gasteiger partial charge in [0, 0.05) is 23.6 Å². The molecule has 0 saturated heterocycles. The molecule has 0 spiro atoms. The number of para-hydroxylation sites is 1. The van der Waals surface area contributed by atoms with Gasteiger partial charge in [-0.05, 0) is 12.1 Å². The molecule has 1 unspecified atom stereocenters. The lowest BCUT2D eigenvalue weighted by Crippen LogP contribution is -2.24. The maximum atomic E-state index is 14.0. The monoisotopic (exact) mass is 277 g/mol.